The van der Waals surface area contributed by atoms with Crippen LogP contribution in [0.2, 0.25) is 0 Å². The van der Waals surface area contributed by atoms with Crippen LogP contribution in [0.1, 0.15) is 77.2 Å². The van der Waals surface area contributed by atoms with Gasteiger partial charge in [0.05, 0.1) is 6.57 Å². The van der Waals surface area contributed by atoms with Crippen LogP contribution in [0.5, 0.6) is 0 Å². The zero-order valence-corrected chi connectivity index (χ0v) is 22.3. The molecule has 1 fully saturated rings. The number of nitrogens with one attached hydrogen (secondary N) is 1. The van der Waals surface area contributed by atoms with E-state index in [-0.39, 0.29) is 40.0 Å². The van der Waals surface area contributed by atoms with Crippen molar-refractivity contribution in [1.82, 2.24) is 14.6 Å². The van der Waals surface area contributed by atoms with E-state index < -0.39 is 5.97 Å². The Morgan fingerprint density at radius 2 is 1.71 bits per heavy atom. The molecule has 6 heteroatoms. The maximum Gasteiger partial charge on any atom is 0.331 e. The molecule has 2 atom stereocenters. The number of hydrogen-bond acceptors (Lipinski definition) is 3. The minimum absolute atomic E-state index is 0.00775. The van der Waals surface area contributed by atoms with Crippen molar-refractivity contribution in [1.29, 1.82) is 0 Å². The molecule has 35 heavy (non-hydrogen) atoms. The quantitative estimate of drug-likeness (QED) is 0.316. The van der Waals surface area contributed by atoms with Gasteiger partial charge in [0, 0.05) is 23.6 Å². The van der Waals surface area contributed by atoms with Crippen LogP contribution < -0.4 is 0 Å². The number of H-pyrrole nitrogens is 1. The van der Waals surface area contributed by atoms with E-state index in [4.69, 9.17) is 16.3 Å². The fourth-order valence-electron chi connectivity index (χ4n) is 5.71. The highest BCUT2D eigenvalue weighted by Crippen LogP contribution is 2.50. The third-order valence-corrected chi connectivity index (χ3v) is 7.70. The van der Waals surface area contributed by atoms with Crippen molar-refractivity contribution in [2.24, 2.45) is 28.6 Å². The van der Waals surface area contributed by atoms with Crippen molar-refractivity contribution in [3.8, 4) is 11.4 Å². The molecule has 2 unspecified atom stereocenters. The Labute approximate surface area is 208 Å². The predicted octanol–water partition coefficient (Wildman–Crippen LogP) is 7.47. The molecule has 186 valence electrons. The number of nitrogens with zero attached hydrogens (tertiary/aromatic N) is 3. The molecule has 0 amide bonds. The molecule has 1 saturated carbocycles. The molecule has 4 rings (SSSR count). The first kappa shape index (κ1) is 25.0. The summed E-state index contributed by atoms with van der Waals surface area (Å²) >= 11 is 0. The lowest BCUT2D eigenvalue weighted by Crippen LogP contribution is -2.49. The average molecular weight is 475 g/mol. The summed E-state index contributed by atoms with van der Waals surface area (Å²) in [4.78, 5) is 22.1. The molecule has 1 aliphatic rings. The molecule has 1 aliphatic carbocycles. The fourth-order valence-corrected chi connectivity index (χ4v) is 5.71. The second-order valence-corrected chi connectivity index (χ2v) is 12.5. The van der Waals surface area contributed by atoms with E-state index in [0.717, 1.165) is 24.0 Å². The molecule has 0 radical (unpaired) electrons. The van der Waals surface area contributed by atoms with Gasteiger partial charge < -0.3 is 4.74 Å². The second kappa shape index (κ2) is 8.86. The Morgan fingerprint density at radius 1 is 1.11 bits per heavy atom. The number of fused-ring (bicyclic) bond motifs is 1. The molecule has 2 aromatic heterocycles. The van der Waals surface area contributed by atoms with E-state index in [2.05, 4.69) is 58.4 Å². The third kappa shape index (κ3) is 4.74. The van der Waals surface area contributed by atoms with Crippen LogP contribution in [0.25, 0.3) is 21.9 Å². The number of carbonyl (C=O) groups is 1. The van der Waals surface area contributed by atoms with Gasteiger partial charge in [-0.3, -0.25) is 9.61 Å². The summed E-state index contributed by atoms with van der Waals surface area (Å²) in [6, 6.07) is 7.96. The number of benzene rings is 1. The Bertz CT molecular complexity index is 1250. The van der Waals surface area contributed by atoms with Gasteiger partial charge in [0.25, 0.3) is 0 Å². The molecular formula is C29H38N4O2. The zero-order chi connectivity index (χ0) is 25.7. The van der Waals surface area contributed by atoms with Crippen LogP contribution in [0.3, 0.4) is 0 Å². The molecule has 0 aliphatic heterocycles. The molecule has 0 saturated heterocycles. The molecule has 1 N–H and O–H groups in total. The van der Waals surface area contributed by atoms with E-state index in [1.54, 1.807) is 10.7 Å². The number of aromatic nitrogens is 3. The molecule has 1 aromatic carbocycles. The molecule has 6 nitrogen and oxygen atoms in total. The molecule has 3 aromatic rings. The van der Waals surface area contributed by atoms with Crippen LogP contribution in [-0.2, 0) is 4.74 Å². The fraction of sp³-hybridized carbons (Fsp3) is 0.552. The minimum atomic E-state index is -0.454. The van der Waals surface area contributed by atoms with E-state index in [1.165, 1.54) is 0 Å². The van der Waals surface area contributed by atoms with E-state index in [9.17, 15) is 4.79 Å². The first-order chi connectivity index (χ1) is 16.3. The van der Waals surface area contributed by atoms with Gasteiger partial charge in [0.1, 0.15) is 11.7 Å². The molecule has 0 spiro atoms. The lowest BCUT2D eigenvalue weighted by Gasteiger charge is -2.50. The Hall–Kier alpha value is -3.07. The van der Waals surface area contributed by atoms with Crippen LogP contribution in [-0.4, -0.2) is 26.7 Å². The summed E-state index contributed by atoms with van der Waals surface area (Å²) in [7, 11) is 0. The predicted molar refractivity (Wildman–Crippen MR) is 139 cm³/mol. The SMILES string of the molecule is [C-]#[N+]c1cn2[nH]c(-c3ccccc3C)nc2c1C(=O)OC1C(C(C)(C)C)CC(C)CC1C(C)(C)C. The summed E-state index contributed by atoms with van der Waals surface area (Å²) in [6.45, 7) is 25.4. The maximum atomic E-state index is 13.8. The standard InChI is InChI=1S/C29H38N4O2/c1-17-14-20(28(3,4)5)24(21(15-17)29(6,7)8)35-27(34)23-22(30-9)16-33-26(23)31-25(32-33)19-13-11-10-12-18(19)2/h10-13,16-17,20-21,24H,14-15H2,1-8H3,(H,31,32). The van der Waals surface area contributed by atoms with Gasteiger partial charge in [0.15, 0.2) is 11.5 Å². The first-order valence-corrected chi connectivity index (χ1v) is 12.6. The molecule has 0 bridgehead atoms. The smallest absolute Gasteiger partial charge is 0.331 e. The lowest BCUT2D eigenvalue weighted by molar-refractivity contribution is -0.0922. The summed E-state index contributed by atoms with van der Waals surface area (Å²) in [5, 5.41) is 3.23. The summed E-state index contributed by atoms with van der Waals surface area (Å²) in [5.74, 6) is 1.24. The largest absolute Gasteiger partial charge is 0.459 e. The van der Waals surface area contributed by atoms with Gasteiger partial charge in [0.2, 0.25) is 5.69 Å². The highest BCUT2D eigenvalue weighted by Gasteiger charge is 2.48. The minimum Gasteiger partial charge on any atom is -0.459 e. The number of aromatic amines is 1. The number of aryl methyl sites for hydroxylation is 1. The van der Waals surface area contributed by atoms with E-state index in [0.29, 0.717) is 17.4 Å². The average Bonchev–Trinajstić information content (AvgIpc) is 3.30. The number of rotatable bonds is 3. The van der Waals surface area contributed by atoms with Crippen molar-refractivity contribution < 1.29 is 9.53 Å². The van der Waals surface area contributed by atoms with Gasteiger partial charge in [-0.1, -0.05) is 72.7 Å². The van der Waals surface area contributed by atoms with Crippen molar-refractivity contribution in [3.63, 3.8) is 0 Å². The van der Waals surface area contributed by atoms with Crippen LogP contribution in [0.15, 0.2) is 30.5 Å². The third-order valence-electron chi connectivity index (χ3n) is 7.70. The van der Waals surface area contributed by atoms with Crippen molar-refractivity contribution >= 4 is 17.3 Å². The number of ether oxygens (including phenoxy) is 1. The summed E-state index contributed by atoms with van der Waals surface area (Å²) in [6.07, 6.45) is 3.46. The van der Waals surface area contributed by atoms with Crippen LogP contribution in [0, 0.1) is 42.1 Å². The van der Waals surface area contributed by atoms with Gasteiger partial charge in [-0.05, 0) is 42.1 Å². The Kier molecular flexibility index (Phi) is 6.34. The van der Waals surface area contributed by atoms with Crippen LogP contribution in [0.4, 0.5) is 5.69 Å². The molecular weight excluding hydrogens is 436 g/mol. The second-order valence-electron chi connectivity index (χ2n) is 12.5. The Balaban J connectivity index is 1.76. The summed E-state index contributed by atoms with van der Waals surface area (Å²) < 4.78 is 8.07. The zero-order valence-electron chi connectivity index (χ0n) is 22.3. The van der Waals surface area contributed by atoms with Gasteiger partial charge in [-0.25, -0.2) is 14.6 Å². The lowest BCUT2D eigenvalue weighted by atomic mass is 9.59. The highest BCUT2D eigenvalue weighted by atomic mass is 16.5. The molecule has 2 heterocycles. The van der Waals surface area contributed by atoms with Gasteiger partial charge in [-0.15, -0.1) is 0 Å². The van der Waals surface area contributed by atoms with Crippen molar-refractivity contribution in [2.75, 3.05) is 0 Å². The van der Waals surface area contributed by atoms with Crippen molar-refractivity contribution in [3.05, 3.63) is 53.0 Å². The number of carbonyl (C=O) groups excluding carboxylic acids is 1. The number of esters is 1. The normalized spacial score (nSPS) is 23.3. The van der Waals surface area contributed by atoms with Crippen LogP contribution >= 0.6 is 0 Å². The van der Waals surface area contributed by atoms with E-state index in [1.807, 2.05) is 31.2 Å². The van der Waals surface area contributed by atoms with E-state index >= 15 is 0 Å². The number of hydrogen-bond donors (Lipinski definition) is 1. The maximum absolute atomic E-state index is 13.8. The van der Waals surface area contributed by atoms with Crippen molar-refractivity contribution in [2.45, 2.75) is 74.3 Å². The first-order valence-electron chi connectivity index (χ1n) is 12.6. The Morgan fingerprint density at radius 3 is 2.26 bits per heavy atom. The summed E-state index contributed by atoms with van der Waals surface area (Å²) in [5.41, 5.74) is 2.96. The highest BCUT2D eigenvalue weighted by molar-refractivity contribution is 6.03. The monoisotopic (exact) mass is 474 g/mol. The van der Waals surface area contributed by atoms with Gasteiger partial charge in [-0.2, -0.15) is 0 Å². The van der Waals surface area contributed by atoms with Gasteiger partial charge >= 0.3 is 5.97 Å². The topological polar surface area (TPSA) is 63.8 Å².